The number of guanidine groups is 1. The lowest BCUT2D eigenvalue weighted by Gasteiger charge is -2.22. The van der Waals surface area contributed by atoms with Crippen LogP contribution in [0.1, 0.15) is 17.0 Å². The van der Waals surface area contributed by atoms with Crippen molar-refractivity contribution < 1.29 is 13.5 Å². The minimum absolute atomic E-state index is 0. The number of aromatic nitrogens is 2. The van der Waals surface area contributed by atoms with Gasteiger partial charge in [-0.05, 0) is 23.3 Å². The summed E-state index contributed by atoms with van der Waals surface area (Å²) in [5.41, 5.74) is 2.16. The van der Waals surface area contributed by atoms with E-state index in [0.29, 0.717) is 19.0 Å². The number of hydrogen-bond acceptors (Lipinski definition) is 3. The molecule has 0 saturated carbocycles. The van der Waals surface area contributed by atoms with E-state index < -0.39 is 6.61 Å². The van der Waals surface area contributed by atoms with Crippen LogP contribution in [0.15, 0.2) is 72.0 Å². The van der Waals surface area contributed by atoms with E-state index in [1.165, 1.54) is 17.7 Å². The Morgan fingerprint density at radius 3 is 2.48 bits per heavy atom. The number of aliphatic imine (C=N–C) groups is 1. The van der Waals surface area contributed by atoms with Gasteiger partial charge in [-0.15, -0.1) is 24.0 Å². The van der Waals surface area contributed by atoms with Crippen LogP contribution < -0.4 is 10.1 Å². The fraction of sp³-hybridized carbons (Fsp3) is 0.273. The Morgan fingerprint density at radius 2 is 1.84 bits per heavy atom. The maximum Gasteiger partial charge on any atom is 0.387 e. The summed E-state index contributed by atoms with van der Waals surface area (Å²) < 4.78 is 31.0. The highest BCUT2D eigenvalue weighted by Gasteiger charge is 2.10. The highest BCUT2D eigenvalue weighted by molar-refractivity contribution is 14.0. The first-order chi connectivity index (χ1) is 14.5. The van der Waals surface area contributed by atoms with Crippen LogP contribution in [0.2, 0.25) is 0 Å². The summed E-state index contributed by atoms with van der Waals surface area (Å²) in [4.78, 5) is 10.7. The van der Waals surface area contributed by atoms with Gasteiger partial charge in [-0.3, -0.25) is 4.99 Å². The average molecular weight is 541 g/mol. The second-order valence-corrected chi connectivity index (χ2v) is 6.74. The van der Waals surface area contributed by atoms with Gasteiger partial charge in [0.25, 0.3) is 0 Å². The summed E-state index contributed by atoms with van der Waals surface area (Å²) in [5.74, 6) is 1.75. The first kappa shape index (κ1) is 24.6. The van der Waals surface area contributed by atoms with Gasteiger partial charge >= 0.3 is 6.61 Å². The zero-order valence-corrected chi connectivity index (χ0v) is 19.7. The lowest BCUT2D eigenvalue weighted by molar-refractivity contribution is -0.0498. The van der Waals surface area contributed by atoms with E-state index in [-0.39, 0.29) is 29.7 Å². The zero-order chi connectivity index (χ0) is 21.3. The lowest BCUT2D eigenvalue weighted by atomic mass is 10.2. The molecule has 0 aliphatic heterocycles. The number of benzene rings is 2. The Labute approximate surface area is 198 Å². The number of alkyl halides is 2. The van der Waals surface area contributed by atoms with Crippen molar-refractivity contribution in [1.29, 1.82) is 0 Å². The predicted molar refractivity (Wildman–Crippen MR) is 128 cm³/mol. The maximum atomic E-state index is 12.3. The summed E-state index contributed by atoms with van der Waals surface area (Å²) in [7, 11) is 3.63. The summed E-state index contributed by atoms with van der Waals surface area (Å²) >= 11 is 0. The van der Waals surface area contributed by atoms with Crippen LogP contribution in [0, 0.1) is 0 Å². The molecular formula is C22H26F2IN5O. The molecule has 166 valence electrons. The predicted octanol–water partition coefficient (Wildman–Crippen LogP) is 4.36. The highest BCUT2D eigenvalue weighted by atomic mass is 127. The number of halogens is 3. The second kappa shape index (κ2) is 12.2. The topological polar surface area (TPSA) is 54.7 Å². The summed E-state index contributed by atoms with van der Waals surface area (Å²) in [6.07, 6.45) is 3.75. The van der Waals surface area contributed by atoms with E-state index in [9.17, 15) is 8.78 Å². The van der Waals surface area contributed by atoms with Crippen LogP contribution in [0.4, 0.5) is 8.78 Å². The molecular weight excluding hydrogens is 515 g/mol. The molecule has 9 heteroatoms. The van der Waals surface area contributed by atoms with E-state index in [0.717, 1.165) is 17.9 Å². The van der Waals surface area contributed by atoms with Crippen molar-refractivity contribution in [2.24, 2.45) is 4.99 Å². The molecule has 0 spiro atoms. The van der Waals surface area contributed by atoms with E-state index in [4.69, 9.17) is 0 Å². The Hall–Kier alpha value is -2.69. The number of rotatable bonds is 8. The molecule has 0 unspecified atom stereocenters. The van der Waals surface area contributed by atoms with Crippen molar-refractivity contribution in [2.75, 3.05) is 14.1 Å². The molecule has 2 aromatic carbocycles. The molecule has 0 fully saturated rings. The van der Waals surface area contributed by atoms with Gasteiger partial charge in [0.2, 0.25) is 0 Å². The molecule has 3 rings (SSSR count). The van der Waals surface area contributed by atoms with E-state index in [2.05, 4.69) is 36.7 Å². The number of ether oxygens (including phenoxy) is 1. The van der Waals surface area contributed by atoms with E-state index in [1.807, 2.05) is 36.3 Å². The van der Waals surface area contributed by atoms with Crippen LogP contribution in [0.5, 0.6) is 5.75 Å². The molecule has 0 bridgehead atoms. The van der Waals surface area contributed by atoms with Gasteiger partial charge in [0, 0.05) is 39.6 Å². The van der Waals surface area contributed by atoms with Crippen molar-refractivity contribution in [1.82, 2.24) is 19.8 Å². The van der Waals surface area contributed by atoms with Crippen molar-refractivity contribution in [3.05, 3.63) is 83.9 Å². The van der Waals surface area contributed by atoms with Gasteiger partial charge < -0.3 is 19.5 Å². The van der Waals surface area contributed by atoms with Crippen LogP contribution >= 0.6 is 24.0 Å². The molecule has 0 atom stereocenters. The van der Waals surface area contributed by atoms with Crippen molar-refractivity contribution >= 4 is 29.9 Å². The molecule has 0 aliphatic carbocycles. The van der Waals surface area contributed by atoms with Crippen molar-refractivity contribution in [2.45, 2.75) is 26.2 Å². The lowest BCUT2D eigenvalue weighted by Crippen LogP contribution is -2.38. The Balaban J connectivity index is 0.00000341. The molecule has 0 saturated heterocycles. The van der Waals surface area contributed by atoms with Crippen LogP contribution in [0.25, 0.3) is 0 Å². The highest BCUT2D eigenvalue weighted by Crippen LogP contribution is 2.16. The summed E-state index contributed by atoms with van der Waals surface area (Å²) in [6, 6.07) is 16.8. The van der Waals surface area contributed by atoms with Crippen LogP contribution in [-0.4, -0.2) is 41.1 Å². The van der Waals surface area contributed by atoms with Crippen LogP contribution in [0.3, 0.4) is 0 Å². The van der Waals surface area contributed by atoms with Crippen LogP contribution in [-0.2, 0) is 19.6 Å². The molecule has 3 aromatic rings. The Morgan fingerprint density at radius 1 is 1.13 bits per heavy atom. The quantitative estimate of drug-likeness (QED) is 0.262. The largest absolute Gasteiger partial charge is 0.435 e. The fourth-order valence-electron chi connectivity index (χ4n) is 3.10. The minimum Gasteiger partial charge on any atom is -0.435 e. The smallest absolute Gasteiger partial charge is 0.387 e. The normalized spacial score (nSPS) is 11.2. The summed E-state index contributed by atoms with van der Waals surface area (Å²) in [5, 5.41) is 3.32. The number of imidazole rings is 1. The maximum absolute atomic E-state index is 12.3. The number of hydrogen-bond donors (Lipinski definition) is 1. The number of nitrogens with zero attached hydrogens (tertiary/aromatic N) is 4. The SMILES string of the molecule is CN=C(NCc1nccn1Cc1ccccc1)N(C)Cc1ccc(OC(F)F)cc1.I. The number of nitrogens with one attached hydrogen (secondary N) is 1. The van der Waals surface area contributed by atoms with Gasteiger partial charge in [0.1, 0.15) is 11.6 Å². The molecule has 6 nitrogen and oxygen atoms in total. The third-order valence-corrected chi connectivity index (χ3v) is 4.54. The third kappa shape index (κ3) is 7.50. The zero-order valence-electron chi connectivity index (χ0n) is 17.4. The molecule has 1 aromatic heterocycles. The first-order valence-corrected chi connectivity index (χ1v) is 9.54. The molecule has 0 radical (unpaired) electrons. The van der Waals surface area contributed by atoms with Gasteiger partial charge in [0.05, 0.1) is 6.54 Å². The third-order valence-electron chi connectivity index (χ3n) is 4.54. The standard InChI is InChI=1S/C22H25F2N5O.HI/c1-25-22(28(2)15-18-8-10-19(11-9-18)30-21(23)24)27-14-20-26-12-13-29(20)16-17-6-4-3-5-7-17;/h3-13,21H,14-16H2,1-2H3,(H,25,27);1H. The summed E-state index contributed by atoms with van der Waals surface area (Å²) in [6.45, 7) is -0.985. The Kier molecular flexibility index (Phi) is 9.70. The van der Waals surface area contributed by atoms with Gasteiger partial charge in [-0.1, -0.05) is 42.5 Å². The van der Waals surface area contributed by atoms with Gasteiger partial charge in [0.15, 0.2) is 5.96 Å². The van der Waals surface area contributed by atoms with E-state index in [1.54, 1.807) is 25.4 Å². The monoisotopic (exact) mass is 541 g/mol. The van der Waals surface area contributed by atoms with E-state index >= 15 is 0 Å². The first-order valence-electron chi connectivity index (χ1n) is 9.54. The fourth-order valence-corrected chi connectivity index (χ4v) is 3.10. The molecule has 0 amide bonds. The molecule has 31 heavy (non-hydrogen) atoms. The second-order valence-electron chi connectivity index (χ2n) is 6.74. The van der Waals surface area contributed by atoms with Gasteiger partial charge in [-0.25, -0.2) is 4.98 Å². The van der Waals surface area contributed by atoms with Crippen molar-refractivity contribution in [3.8, 4) is 5.75 Å². The minimum atomic E-state index is -2.82. The molecule has 1 heterocycles. The van der Waals surface area contributed by atoms with Crippen molar-refractivity contribution in [3.63, 3.8) is 0 Å². The average Bonchev–Trinajstić information content (AvgIpc) is 3.17. The molecule has 0 aliphatic rings. The Bertz CT molecular complexity index is 948. The molecule has 1 N–H and O–H groups in total. The van der Waals surface area contributed by atoms with Gasteiger partial charge in [-0.2, -0.15) is 8.78 Å².